The molecular formula is C26H19Cl2N3O7. The first-order valence-corrected chi connectivity index (χ1v) is 11.6. The van der Waals surface area contributed by atoms with Gasteiger partial charge in [-0.1, -0.05) is 23.2 Å². The van der Waals surface area contributed by atoms with Gasteiger partial charge in [-0.15, -0.1) is 0 Å². The summed E-state index contributed by atoms with van der Waals surface area (Å²) in [6.07, 6.45) is 1.25. The molecule has 38 heavy (non-hydrogen) atoms. The van der Waals surface area contributed by atoms with Crippen LogP contribution in [0.15, 0.2) is 60.2 Å². The number of carbonyl (C=O) groups excluding carboxylic acids is 2. The summed E-state index contributed by atoms with van der Waals surface area (Å²) < 4.78 is 16.1. The van der Waals surface area contributed by atoms with E-state index >= 15 is 0 Å². The molecular weight excluding hydrogens is 537 g/mol. The van der Waals surface area contributed by atoms with Gasteiger partial charge in [0.1, 0.15) is 17.4 Å². The minimum Gasteiger partial charge on any atom is -0.497 e. The Labute approximate surface area is 227 Å². The van der Waals surface area contributed by atoms with E-state index in [2.05, 4.69) is 5.32 Å². The molecule has 0 heterocycles. The normalized spacial score (nSPS) is 10.8. The lowest BCUT2D eigenvalue weighted by atomic mass is 10.1. The Morgan fingerprint density at radius 1 is 1.11 bits per heavy atom. The topological polar surface area (TPSA) is 141 Å². The fourth-order valence-corrected chi connectivity index (χ4v) is 3.62. The molecule has 0 aromatic heterocycles. The number of esters is 1. The summed E-state index contributed by atoms with van der Waals surface area (Å²) in [4.78, 5) is 35.6. The Bertz CT molecular complexity index is 1460. The zero-order valence-corrected chi connectivity index (χ0v) is 21.5. The molecule has 0 unspecified atom stereocenters. The van der Waals surface area contributed by atoms with Crippen LogP contribution in [0.2, 0.25) is 10.0 Å². The van der Waals surface area contributed by atoms with E-state index in [0.29, 0.717) is 11.3 Å². The molecule has 1 N–H and O–H groups in total. The number of nitro groups is 1. The molecule has 0 saturated carbocycles. The predicted octanol–water partition coefficient (Wildman–Crippen LogP) is 6.07. The van der Waals surface area contributed by atoms with Crippen molar-refractivity contribution in [3.63, 3.8) is 0 Å². The molecule has 194 valence electrons. The molecule has 0 aliphatic rings. The van der Waals surface area contributed by atoms with Crippen LogP contribution in [-0.2, 0) is 4.79 Å². The summed E-state index contributed by atoms with van der Waals surface area (Å²) in [5.41, 5.74) is 0.0684. The molecule has 0 aliphatic carbocycles. The van der Waals surface area contributed by atoms with Gasteiger partial charge >= 0.3 is 5.97 Å². The number of ether oxygens (including phenoxy) is 3. The maximum absolute atomic E-state index is 12.7. The SMILES string of the molecule is CCOc1cc(/C=C(/C#N)C(=O)Nc2ccc([N+](=O)[O-])cc2Cl)cc(Cl)c1OC(=O)c1ccc(OC)cc1. The first-order chi connectivity index (χ1) is 18.2. The van der Waals surface area contributed by atoms with Gasteiger partial charge < -0.3 is 19.5 Å². The minimum atomic E-state index is -0.813. The third-order valence-corrected chi connectivity index (χ3v) is 5.53. The molecule has 0 spiro atoms. The Kier molecular flexibility index (Phi) is 9.27. The van der Waals surface area contributed by atoms with E-state index in [1.807, 2.05) is 0 Å². The fraction of sp³-hybridized carbons (Fsp3) is 0.115. The van der Waals surface area contributed by atoms with Crippen molar-refractivity contribution in [1.82, 2.24) is 0 Å². The van der Waals surface area contributed by atoms with Gasteiger partial charge in [-0.3, -0.25) is 14.9 Å². The van der Waals surface area contributed by atoms with Crippen molar-refractivity contribution in [3.8, 4) is 23.3 Å². The lowest BCUT2D eigenvalue weighted by molar-refractivity contribution is -0.384. The number of non-ortho nitro benzene ring substituents is 1. The second kappa shape index (κ2) is 12.6. The number of carbonyl (C=O) groups is 2. The number of hydrogen-bond acceptors (Lipinski definition) is 8. The number of halogens is 2. The van der Waals surface area contributed by atoms with Gasteiger partial charge in [0, 0.05) is 12.1 Å². The maximum atomic E-state index is 12.7. The van der Waals surface area contributed by atoms with Gasteiger partial charge in [0.2, 0.25) is 0 Å². The molecule has 0 radical (unpaired) electrons. The molecule has 0 aliphatic heterocycles. The average molecular weight is 556 g/mol. The summed E-state index contributed by atoms with van der Waals surface area (Å²) in [7, 11) is 1.50. The summed E-state index contributed by atoms with van der Waals surface area (Å²) in [5.74, 6) is -0.849. The highest BCUT2D eigenvalue weighted by Crippen LogP contribution is 2.38. The van der Waals surface area contributed by atoms with Crippen molar-refractivity contribution in [2.45, 2.75) is 6.92 Å². The quantitative estimate of drug-likeness (QED) is 0.0836. The van der Waals surface area contributed by atoms with Crippen molar-refractivity contribution in [2.24, 2.45) is 0 Å². The summed E-state index contributed by atoms with van der Waals surface area (Å²) in [5, 5.41) is 22.8. The van der Waals surface area contributed by atoms with Gasteiger partial charge in [0.15, 0.2) is 11.5 Å². The maximum Gasteiger partial charge on any atom is 0.343 e. The van der Waals surface area contributed by atoms with Crippen LogP contribution in [0.25, 0.3) is 6.08 Å². The molecule has 3 rings (SSSR count). The van der Waals surface area contributed by atoms with E-state index in [4.69, 9.17) is 37.4 Å². The van der Waals surface area contributed by atoms with E-state index < -0.39 is 16.8 Å². The van der Waals surface area contributed by atoms with Crippen LogP contribution in [0, 0.1) is 21.4 Å². The van der Waals surface area contributed by atoms with Crippen LogP contribution in [-0.4, -0.2) is 30.5 Å². The number of nitrogens with one attached hydrogen (secondary N) is 1. The van der Waals surface area contributed by atoms with E-state index in [0.717, 1.165) is 12.1 Å². The van der Waals surface area contributed by atoms with Gasteiger partial charge in [-0.2, -0.15) is 5.26 Å². The average Bonchev–Trinajstić information content (AvgIpc) is 2.90. The number of hydrogen-bond donors (Lipinski definition) is 1. The van der Waals surface area contributed by atoms with E-state index in [1.165, 1.54) is 43.5 Å². The second-order valence-corrected chi connectivity index (χ2v) is 8.24. The Morgan fingerprint density at radius 2 is 1.82 bits per heavy atom. The first kappa shape index (κ1) is 28.0. The number of nitriles is 1. The van der Waals surface area contributed by atoms with E-state index in [-0.39, 0.29) is 50.7 Å². The monoisotopic (exact) mass is 555 g/mol. The molecule has 0 bridgehead atoms. The van der Waals surface area contributed by atoms with Gasteiger partial charge in [-0.05, 0) is 61.0 Å². The lowest BCUT2D eigenvalue weighted by Gasteiger charge is -2.14. The van der Waals surface area contributed by atoms with Crippen LogP contribution in [0.4, 0.5) is 11.4 Å². The number of methoxy groups -OCH3 is 1. The number of benzene rings is 3. The molecule has 10 nitrogen and oxygen atoms in total. The standard InChI is InChI=1S/C26H19Cl2N3O7/c1-3-37-23-12-15(11-21(28)24(23)38-26(33)16-4-7-19(36-2)8-5-16)10-17(14-29)25(32)30-22-9-6-18(31(34)35)13-20(22)27/h4-13H,3H2,1-2H3,(H,30,32)/b17-10-. The highest BCUT2D eigenvalue weighted by molar-refractivity contribution is 6.34. The van der Waals surface area contributed by atoms with Crippen molar-refractivity contribution in [2.75, 3.05) is 19.0 Å². The summed E-state index contributed by atoms with van der Waals surface area (Å²) >= 11 is 12.4. The fourth-order valence-electron chi connectivity index (χ4n) is 3.14. The van der Waals surface area contributed by atoms with Crippen molar-refractivity contribution >= 4 is 52.5 Å². The Balaban J connectivity index is 1.87. The van der Waals surface area contributed by atoms with Gasteiger partial charge in [-0.25, -0.2) is 4.79 Å². The number of amides is 1. The lowest BCUT2D eigenvalue weighted by Crippen LogP contribution is -2.14. The predicted molar refractivity (Wildman–Crippen MR) is 141 cm³/mol. The Hall–Kier alpha value is -4.59. The van der Waals surface area contributed by atoms with Crippen LogP contribution >= 0.6 is 23.2 Å². The zero-order valence-electron chi connectivity index (χ0n) is 20.0. The number of nitro benzene ring substituents is 1. The van der Waals surface area contributed by atoms with Crippen molar-refractivity contribution < 1.29 is 28.7 Å². The number of rotatable bonds is 9. The highest BCUT2D eigenvalue weighted by Gasteiger charge is 2.19. The van der Waals surface area contributed by atoms with Crippen LogP contribution in [0.5, 0.6) is 17.2 Å². The van der Waals surface area contributed by atoms with Crippen LogP contribution in [0.3, 0.4) is 0 Å². The molecule has 0 saturated heterocycles. The third-order valence-electron chi connectivity index (χ3n) is 4.94. The van der Waals surface area contributed by atoms with Crippen molar-refractivity contribution in [3.05, 3.63) is 91.5 Å². The van der Waals surface area contributed by atoms with Crippen LogP contribution < -0.4 is 19.5 Å². The zero-order chi connectivity index (χ0) is 27.8. The summed E-state index contributed by atoms with van der Waals surface area (Å²) in [6, 6.07) is 14.4. The van der Waals surface area contributed by atoms with Crippen molar-refractivity contribution in [1.29, 1.82) is 5.26 Å². The molecule has 3 aromatic carbocycles. The highest BCUT2D eigenvalue weighted by atomic mass is 35.5. The van der Waals surface area contributed by atoms with E-state index in [1.54, 1.807) is 25.1 Å². The summed E-state index contributed by atoms with van der Waals surface area (Å²) in [6.45, 7) is 1.93. The molecule has 3 aromatic rings. The molecule has 1 amide bonds. The first-order valence-electron chi connectivity index (χ1n) is 10.9. The smallest absolute Gasteiger partial charge is 0.343 e. The van der Waals surface area contributed by atoms with Gasteiger partial charge in [0.05, 0.1) is 39.9 Å². The Morgan fingerprint density at radius 3 is 2.39 bits per heavy atom. The molecule has 0 atom stereocenters. The largest absolute Gasteiger partial charge is 0.497 e. The molecule has 0 fully saturated rings. The third kappa shape index (κ3) is 6.79. The number of nitrogens with zero attached hydrogens (tertiary/aromatic N) is 2. The van der Waals surface area contributed by atoms with Gasteiger partial charge in [0.25, 0.3) is 11.6 Å². The van der Waals surface area contributed by atoms with Crippen LogP contribution in [0.1, 0.15) is 22.8 Å². The number of anilines is 1. The minimum absolute atomic E-state index is 0.000160. The van der Waals surface area contributed by atoms with E-state index in [9.17, 15) is 25.0 Å². The second-order valence-electron chi connectivity index (χ2n) is 7.43. The molecule has 12 heteroatoms.